The van der Waals surface area contributed by atoms with Gasteiger partial charge in [-0.3, -0.25) is 4.79 Å². The first-order chi connectivity index (χ1) is 11.9. The van der Waals surface area contributed by atoms with Crippen LogP contribution < -0.4 is 0 Å². The van der Waals surface area contributed by atoms with Crippen molar-refractivity contribution < 1.29 is 21.9 Å². The van der Waals surface area contributed by atoms with Gasteiger partial charge in [0.25, 0.3) is 0 Å². The third-order valence-electron chi connectivity index (χ3n) is 4.77. The molecule has 10 radical (unpaired) electrons. The van der Waals surface area contributed by atoms with E-state index in [9.17, 15) is 4.79 Å². The van der Waals surface area contributed by atoms with Crippen molar-refractivity contribution in [1.82, 2.24) is 0 Å². The van der Waals surface area contributed by atoms with Crippen molar-refractivity contribution in [3.05, 3.63) is 99.6 Å². The fourth-order valence-corrected chi connectivity index (χ4v) is 3.60. The van der Waals surface area contributed by atoms with Crippen LogP contribution in [0.5, 0.6) is 0 Å². The first kappa shape index (κ1) is 20.7. The van der Waals surface area contributed by atoms with Crippen molar-refractivity contribution in [3.63, 3.8) is 0 Å². The van der Waals surface area contributed by atoms with E-state index in [1.807, 2.05) is 38.2 Å². The molecular formula is C23H24FeO. The molecule has 130 valence electrons. The van der Waals surface area contributed by atoms with Crippen molar-refractivity contribution in [2.75, 3.05) is 0 Å². The van der Waals surface area contributed by atoms with Crippen LogP contribution in [0.25, 0.3) is 0 Å². The summed E-state index contributed by atoms with van der Waals surface area (Å²) in [6, 6.07) is 10.5. The predicted molar refractivity (Wildman–Crippen MR) is 98.1 cm³/mol. The Labute approximate surface area is 164 Å². The van der Waals surface area contributed by atoms with E-state index in [0.717, 1.165) is 19.3 Å². The monoisotopic (exact) mass is 372 g/mol. The minimum absolute atomic E-state index is 0. The second kappa shape index (κ2) is 11.2. The molecule has 0 aromatic heterocycles. The molecular weight excluding hydrogens is 348 g/mol. The van der Waals surface area contributed by atoms with Crippen molar-refractivity contribution in [2.24, 2.45) is 5.92 Å². The van der Waals surface area contributed by atoms with Gasteiger partial charge in [-0.2, -0.15) is 0 Å². The molecule has 3 fully saturated rings. The molecule has 1 nitrogen and oxygen atoms in total. The minimum atomic E-state index is 0. The summed E-state index contributed by atoms with van der Waals surface area (Å²) < 4.78 is 0. The summed E-state index contributed by atoms with van der Waals surface area (Å²) in [5.74, 6) is 2.13. The molecule has 0 aliphatic heterocycles. The number of hydrogen-bond acceptors (Lipinski definition) is 1. The molecule has 0 unspecified atom stereocenters. The van der Waals surface area contributed by atoms with Gasteiger partial charge in [-0.05, 0) is 82.1 Å². The van der Waals surface area contributed by atoms with Crippen molar-refractivity contribution in [3.8, 4) is 0 Å². The summed E-state index contributed by atoms with van der Waals surface area (Å²) in [6.07, 6.45) is 22.5. The summed E-state index contributed by atoms with van der Waals surface area (Å²) >= 11 is 0. The molecule has 2 atom stereocenters. The molecule has 0 saturated heterocycles. The van der Waals surface area contributed by atoms with Gasteiger partial charge >= 0.3 is 0 Å². The van der Waals surface area contributed by atoms with Crippen LogP contribution in [0.15, 0.2) is 30.3 Å². The maximum Gasteiger partial charge on any atom is 0.136 e. The molecule has 1 aromatic rings. The Hall–Kier alpha value is -0.591. The molecule has 0 spiro atoms. The Bertz CT molecular complexity index is 480. The van der Waals surface area contributed by atoms with Gasteiger partial charge in [0.15, 0.2) is 0 Å². The Morgan fingerprint density at radius 2 is 1.40 bits per heavy atom. The van der Waals surface area contributed by atoms with E-state index in [0.29, 0.717) is 5.78 Å². The standard InChI is InChI=1S/C18H19O.C5H5.Fe/c19-17-13-7-6-12-16(17)18(15-10-4-5-11-15)14-8-2-1-3-9-14;1-2-4-5-3-1;/h1-5,8-11,16,18H,6-7,12-13H2;1-5H;/t16-,18+;;/m0../s1. The van der Waals surface area contributed by atoms with E-state index in [-0.39, 0.29) is 28.9 Å². The van der Waals surface area contributed by atoms with Crippen LogP contribution in [0.4, 0.5) is 0 Å². The van der Waals surface area contributed by atoms with Gasteiger partial charge in [0, 0.05) is 35.3 Å². The van der Waals surface area contributed by atoms with E-state index in [1.54, 1.807) is 0 Å². The molecule has 0 N–H and O–H groups in total. The Balaban J connectivity index is 0.000000325. The zero-order valence-electron chi connectivity index (χ0n) is 14.3. The van der Waals surface area contributed by atoms with Crippen molar-refractivity contribution >= 4 is 5.78 Å². The van der Waals surface area contributed by atoms with Gasteiger partial charge < -0.3 is 0 Å². The third-order valence-corrected chi connectivity index (χ3v) is 4.77. The smallest absolute Gasteiger partial charge is 0.136 e. The van der Waals surface area contributed by atoms with Crippen molar-refractivity contribution in [2.45, 2.75) is 31.6 Å². The molecule has 0 heterocycles. The van der Waals surface area contributed by atoms with Gasteiger partial charge in [-0.25, -0.2) is 0 Å². The summed E-state index contributed by atoms with van der Waals surface area (Å²) in [7, 11) is 0. The number of benzene rings is 1. The van der Waals surface area contributed by atoms with Gasteiger partial charge in [-0.15, -0.1) is 0 Å². The van der Waals surface area contributed by atoms with E-state index >= 15 is 0 Å². The van der Waals surface area contributed by atoms with E-state index < -0.39 is 0 Å². The van der Waals surface area contributed by atoms with Crippen LogP contribution in [0.2, 0.25) is 0 Å². The van der Waals surface area contributed by atoms with Crippen LogP contribution in [-0.2, 0) is 21.9 Å². The summed E-state index contributed by atoms with van der Waals surface area (Å²) in [6.45, 7) is 0. The average Bonchev–Trinajstić information content (AvgIpc) is 3.34. The fraction of sp³-hybridized carbons (Fsp3) is 0.261. The molecule has 3 aliphatic rings. The molecule has 3 saturated carbocycles. The van der Waals surface area contributed by atoms with Gasteiger partial charge in [0.2, 0.25) is 0 Å². The third kappa shape index (κ3) is 5.97. The van der Waals surface area contributed by atoms with Gasteiger partial charge in [0.1, 0.15) is 5.78 Å². The van der Waals surface area contributed by atoms with E-state index in [4.69, 9.17) is 0 Å². The SMILES string of the molecule is O=C1CCCC[C@@H]1[C@@H]([C]1[CH][CH][CH][CH]1)c1ccccc1.[CH]1[CH][CH][CH][CH]1.[Fe]. The van der Waals surface area contributed by atoms with Crippen LogP contribution in [0.3, 0.4) is 0 Å². The van der Waals surface area contributed by atoms with Gasteiger partial charge in [-0.1, -0.05) is 36.8 Å². The van der Waals surface area contributed by atoms with Gasteiger partial charge in [0.05, 0.1) is 0 Å². The molecule has 25 heavy (non-hydrogen) atoms. The second-order valence-corrected chi connectivity index (χ2v) is 6.39. The fourth-order valence-electron chi connectivity index (χ4n) is 3.60. The minimum Gasteiger partial charge on any atom is -0.299 e. The normalized spacial score (nSPS) is 25.0. The first-order valence-corrected chi connectivity index (χ1v) is 8.82. The Morgan fingerprint density at radius 3 is 1.96 bits per heavy atom. The molecule has 0 amide bonds. The van der Waals surface area contributed by atoms with Crippen LogP contribution >= 0.6 is 0 Å². The summed E-state index contributed by atoms with van der Waals surface area (Å²) in [5, 5.41) is 0. The quantitative estimate of drug-likeness (QED) is 0.686. The zero-order chi connectivity index (χ0) is 16.6. The Kier molecular flexibility index (Phi) is 9.28. The topological polar surface area (TPSA) is 17.1 Å². The number of Topliss-reactive ketones (excluding diaryl/α,β-unsaturated/α-hetero) is 1. The number of hydrogen-bond donors (Lipinski definition) is 0. The number of carbonyl (C=O) groups excluding carboxylic acids is 1. The predicted octanol–water partition coefficient (Wildman–Crippen LogP) is 4.95. The maximum atomic E-state index is 12.3. The van der Waals surface area contributed by atoms with E-state index in [1.165, 1.54) is 17.9 Å². The number of ketones is 1. The molecule has 0 bridgehead atoms. The van der Waals surface area contributed by atoms with E-state index in [2.05, 4.69) is 49.9 Å². The summed E-state index contributed by atoms with van der Waals surface area (Å²) in [4.78, 5) is 12.3. The second-order valence-electron chi connectivity index (χ2n) is 6.39. The molecule has 3 aliphatic carbocycles. The Morgan fingerprint density at radius 1 is 0.800 bits per heavy atom. The van der Waals surface area contributed by atoms with Crippen LogP contribution in [0.1, 0.15) is 37.2 Å². The largest absolute Gasteiger partial charge is 0.299 e. The van der Waals surface area contributed by atoms with Crippen LogP contribution in [0, 0.1) is 69.6 Å². The average molecular weight is 372 g/mol. The first-order valence-electron chi connectivity index (χ1n) is 8.82. The molecule has 2 heteroatoms. The van der Waals surface area contributed by atoms with Crippen molar-refractivity contribution in [1.29, 1.82) is 0 Å². The molecule has 1 aromatic carbocycles. The maximum absolute atomic E-state index is 12.3. The number of rotatable bonds is 3. The summed E-state index contributed by atoms with van der Waals surface area (Å²) in [5.41, 5.74) is 1.27. The molecule has 4 rings (SSSR count). The zero-order valence-corrected chi connectivity index (χ0v) is 15.4. The van der Waals surface area contributed by atoms with Crippen LogP contribution in [-0.4, -0.2) is 5.78 Å². The number of carbonyl (C=O) groups is 1.